The van der Waals surface area contributed by atoms with Gasteiger partial charge >= 0.3 is 6.18 Å². The number of halogens is 3. The van der Waals surface area contributed by atoms with Crippen molar-refractivity contribution in [2.75, 3.05) is 0 Å². The van der Waals surface area contributed by atoms with Crippen molar-refractivity contribution < 1.29 is 13.2 Å². The first kappa shape index (κ1) is 8.52. The van der Waals surface area contributed by atoms with Crippen LogP contribution in [0.2, 0.25) is 0 Å². The van der Waals surface area contributed by atoms with Crippen molar-refractivity contribution in [2.24, 2.45) is 0 Å². The Morgan fingerprint density at radius 2 is 2.18 bits per heavy atom. The fourth-order valence-corrected chi connectivity index (χ4v) is 1.31. The first-order valence-electron chi connectivity index (χ1n) is 2.95. The Kier molecular flexibility index (Phi) is 2.17. The van der Waals surface area contributed by atoms with Crippen LogP contribution < -0.4 is 0 Å². The van der Waals surface area contributed by atoms with Gasteiger partial charge in [-0.3, -0.25) is 0 Å². The van der Waals surface area contributed by atoms with Crippen molar-refractivity contribution in [2.45, 2.75) is 19.5 Å². The highest BCUT2D eigenvalue weighted by Crippen LogP contribution is 2.21. The van der Waals surface area contributed by atoms with E-state index in [1.54, 1.807) is 6.92 Å². The molecule has 0 amide bonds. The van der Waals surface area contributed by atoms with Crippen LogP contribution in [0.5, 0.6) is 0 Å². The van der Waals surface area contributed by atoms with Crippen LogP contribution in [0, 0.1) is 6.92 Å². The number of thiazole rings is 1. The Bertz CT molecular complexity index is 240. The lowest BCUT2D eigenvalue weighted by atomic mass is 10.3. The van der Waals surface area contributed by atoms with Crippen molar-refractivity contribution in [3.05, 3.63) is 16.1 Å². The minimum atomic E-state index is -4.14. The Morgan fingerprint density at radius 3 is 2.55 bits per heavy atom. The second-order valence-corrected chi connectivity index (χ2v) is 3.21. The molecule has 62 valence electrons. The summed E-state index contributed by atoms with van der Waals surface area (Å²) >= 11 is 1.23. The summed E-state index contributed by atoms with van der Waals surface area (Å²) in [6, 6.07) is 0. The highest BCUT2D eigenvalue weighted by Gasteiger charge is 2.28. The normalized spacial score (nSPS) is 12.0. The molecule has 5 heteroatoms. The SMILES string of the molecule is Cc1nc(CC(F)(F)F)cs1. The molecule has 0 bridgehead atoms. The van der Waals surface area contributed by atoms with Gasteiger partial charge in [0.05, 0.1) is 17.1 Å². The largest absolute Gasteiger partial charge is 0.394 e. The number of hydrogen-bond acceptors (Lipinski definition) is 2. The van der Waals surface area contributed by atoms with Crippen molar-refractivity contribution in [1.82, 2.24) is 4.98 Å². The Hall–Kier alpha value is -0.580. The zero-order valence-electron chi connectivity index (χ0n) is 5.77. The molecule has 1 aromatic rings. The van der Waals surface area contributed by atoms with Gasteiger partial charge in [-0.2, -0.15) is 13.2 Å². The lowest BCUT2D eigenvalue weighted by Gasteiger charge is -2.01. The standard InChI is InChI=1S/C6H6F3NS/c1-4-10-5(3-11-4)2-6(7,8)9/h3H,2H2,1H3. The lowest BCUT2D eigenvalue weighted by Crippen LogP contribution is -2.11. The third kappa shape index (κ3) is 2.88. The van der Waals surface area contributed by atoms with E-state index in [0.29, 0.717) is 5.01 Å². The molecule has 0 aliphatic carbocycles. The van der Waals surface area contributed by atoms with Crippen molar-refractivity contribution in [1.29, 1.82) is 0 Å². The molecule has 0 unspecified atom stereocenters. The summed E-state index contributed by atoms with van der Waals surface area (Å²) in [5.74, 6) is 0. The summed E-state index contributed by atoms with van der Waals surface area (Å²) in [6.07, 6.45) is -5.06. The van der Waals surface area contributed by atoms with Crippen LogP contribution >= 0.6 is 11.3 Å². The van der Waals surface area contributed by atoms with E-state index in [4.69, 9.17) is 0 Å². The molecule has 0 atom stereocenters. The number of hydrogen-bond donors (Lipinski definition) is 0. The summed E-state index contributed by atoms with van der Waals surface area (Å²) in [6.45, 7) is 1.69. The van der Waals surface area contributed by atoms with Crippen LogP contribution in [-0.2, 0) is 6.42 Å². The number of nitrogens with zero attached hydrogens (tertiary/aromatic N) is 1. The number of aromatic nitrogens is 1. The van der Waals surface area contributed by atoms with Gasteiger partial charge < -0.3 is 0 Å². The number of alkyl halides is 3. The molecule has 0 spiro atoms. The molecule has 0 saturated carbocycles. The van der Waals surface area contributed by atoms with Gasteiger partial charge in [0.1, 0.15) is 0 Å². The quantitative estimate of drug-likeness (QED) is 0.648. The maximum Gasteiger partial charge on any atom is 0.394 e. The van der Waals surface area contributed by atoms with Crippen LogP contribution in [-0.4, -0.2) is 11.2 Å². The molecule has 1 rings (SSSR count). The lowest BCUT2D eigenvalue weighted by molar-refractivity contribution is -0.127. The molecule has 1 nitrogen and oxygen atoms in total. The van der Waals surface area contributed by atoms with Crippen LogP contribution in [0.15, 0.2) is 5.38 Å². The van der Waals surface area contributed by atoms with Crippen LogP contribution in [0.4, 0.5) is 13.2 Å². The average molecular weight is 181 g/mol. The third-order valence-electron chi connectivity index (χ3n) is 1.05. The molecular formula is C6H6F3NS. The van der Waals surface area contributed by atoms with Gasteiger partial charge in [0.25, 0.3) is 0 Å². The van der Waals surface area contributed by atoms with Crippen molar-refractivity contribution in [3.8, 4) is 0 Å². The van der Waals surface area contributed by atoms with E-state index in [-0.39, 0.29) is 5.69 Å². The van der Waals surface area contributed by atoms with Crippen LogP contribution in [0.3, 0.4) is 0 Å². The molecule has 0 saturated heterocycles. The monoisotopic (exact) mass is 181 g/mol. The molecule has 0 aliphatic rings. The summed E-state index contributed by atoms with van der Waals surface area (Å²) in [5.41, 5.74) is 0.111. The van der Waals surface area contributed by atoms with Gasteiger partial charge in [-0.25, -0.2) is 4.98 Å². The smallest absolute Gasteiger partial charge is 0.246 e. The van der Waals surface area contributed by atoms with E-state index >= 15 is 0 Å². The van der Waals surface area contributed by atoms with Gasteiger partial charge in [0.15, 0.2) is 0 Å². The molecule has 0 aromatic carbocycles. The van der Waals surface area contributed by atoms with E-state index in [2.05, 4.69) is 4.98 Å². The average Bonchev–Trinajstić information content (AvgIpc) is 2.10. The highest BCUT2D eigenvalue weighted by atomic mass is 32.1. The Balaban J connectivity index is 2.65. The summed E-state index contributed by atoms with van der Waals surface area (Å²) in [7, 11) is 0. The predicted octanol–water partition coefficient (Wildman–Crippen LogP) is 2.56. The van der Waals surface area contributed by atoms with E-state index in [0.717, 1.165) is 0 Å². The number of aryl methyl sites for hydroxylation is 1. The topological polar surface area (TPSA) is 12.9 Å². The Labute approximate surface area is 65.9 Å². The maximum atomic E-state index is 11.7. The molecule has 1 aromatic heterocycles. The second kappa shape index (κ2) is 2.81. The van der Waals surface area contributed by atoms with E-state index in [1.807, 2.05) is 0 Å². The minimum Gasteiger partial charge on any atom is -0.246 e. The molecule has 1 heterocycles. The van der Waals surface area contributed by atoms with E-state index < -0.39 is 12.6 Å². The van der Waals surface area contributed by atoms with Gasteiger partial charge in [-0.1, -0.05) is 0 Å². The summed E-state index contributed by atoms with van der Waals surface area (Å²) in [4.78, 5) is 3.69. The number of rotatable bonds is 1. The first-order chi connectivity index (χ1) is 4.97. The highest BCUT2D eigenvalue weighted by molar-refractivity contribution is 7.09. The zero-order chi connectivity index (χ0) is 8.48. The van der Waals surface area contributed by atoms with E-state index in [1.165, 1.54) is 16.7 Å². The predicted molar refractivity (Wildman–Crippen MR) is 36.6 cm³/mol. The zero-order valence-corrected chi connectivity index (χ0v) is 6.59. The van der Waals surface area contributed by atoms with Gasteiger partial charge in [-0.15, -0.1) is 11.3 Å². The molecule has 11 heavy (non-hydrogen) atoms. The minimum absolute atomic E-state index is 0.111. The summed E-state index contributed by atoms with van der Waals surface area (Å²) < 4.78 is 35.1. The van der Waals surface area contributed by atoms with Gasteiger partial charge in [0.2, 0.25) is 0 Å². The third-order valence-corrected chi connectivity index (χ3v) is 1.87. The molecule has 0 aliphatic heterocycles. The Morgan fingerprint density at radius 1 is 1.55 bits per heavy atom. The van der Waals surface area contributed by atoms with Crippen molar-refractivity contribution >= 4 is 11.3 Å². The fourth-order valence-electron chi connectivity index (χ4n) is 0.695. The first-order valence-corrected chi connectivity index (χ1v) is 3.83. The molecule has 0 N–H and O–H groups in total. The van der Waals surface area contributed by atoms with Gasteiger partial charge in [0, 0.05) is 5.38 Å². The molecule has 0 radical (unpaired) electrons. The molecular weight excluding hydrogens is 175 g/mol. The van der Waals surface area contributed by atoms with Crippen LogP contribution in [0.25, 0.3) is 0 Å². The second-order valence-electron chi connectivity index (χ2n) is 2.15. The van der Waals surface area contributed by atoms with Crippen LogP contribution in [0.1, 0.15) is 10.7 Å². The fraction of sp³-hybridized carbons (Fsp3) is 0.500. The molecule has 0 fully saturated rings. The van der Waals surface area contributed by atoms with Crippen molar-refractivity contribution in [3.63, 3.8) is 0 Å². The van der Waals surface area contributed by atoms with Gasteiger partial charge in [-0.05, 0) is 6.92 Å². The maximum absolute atomic E-state index is 11.7. The van der Waals surface area contributed by atoms with E-state index in [9.17, 15) is 13.2 Å². The summed E-state index contributed by atoms with van der Waals surface area (Å²) in [5, 5.41) is 2.10.